The summed E-state index contributed by atoms with van der Waals surface area (Å²) >= 11 is 0. The van der Waals surface area contributed by atoms with Crippen LogP contribution in [0, 0.1) is 0 Å². The molecule has 14 heavy (non-hydrogen) atoms. The summed E-state index contributed by atoms with van der Waals surface area (Å²) in [6, 6.07) is 10.4. The summed E-state index contributed by atoms with van der Waals surface area (Å²) in [5.74, 6) is 0. The van der Waals surface area contributed by atoms with Gasteiger partial charge in [0, 0.05) is 6.04 Å². The summed E-state index contributed by atoms with van der Waals surface area (Å²) in [7, 11) is 1.90. The average Bonchev–Trinajstić information content (AvgIpc) is 2.26. The highest BCUT2D eigenvalue weighted by Gasteiger charge is 2.15. The van der Waals surface area contributed by atoms with Crippen LogP contribution < -0.4 is 5.32 Å². The van der Waals surface area contributed by atoms with Crippen LogP contribution in [0.4, 0.5) is 0 Å². The molecule has 0 saturated heterocycles. The molecule has 2 atom stereocenters. The topological polar surface area (TPSA) is 32.3 Å². The number of hydrogen-bond acceptors (Lipinski definition) is 2. The molecule has 1 aromatic rings. The Bertz CT molecular complexity index is 248. The highest BCUT2D eigenvalue weighted by atomic mass is 16.3. The van der Waals surface area contributed by atoms with Crippen LogP contribution in [0.1, 0.15) is 18.9 Å². The molecular formula is C12H19NO. The molecular weight excluding hydrogens is 174 g/mol. The lowest BCUT2D eigenvalue weighted by Crippen LogP contribution is -2.39. The molecule has 0 aliphatic carbocycles. The van der Waals surface area contributed by atoms with Crippen LogP contribution in [0.3, 0.4) is 0 Å². The van der Waals surface area contributed by atoms with Crippen molar-refractivity contribution in [2.45, 2.75) is 31.9 Å². The zero-order chi connectivity index (χ0) is 10.4. The molecule has 2 nitrogen and oxygen atoms in total. The molecule has 2 N–H and O–H groups in total. The standard InChI is InChI=1S/C12H19NO/c1-3-12(14)11(13-2)9-10-7-5-4-6-8-10/h4-8,11-14H,3,9H2,1-2H3/t11-,12?/m0/s1. The molecule has 1 unspecified atom stereocenters. The predicted molar refractivity (Wildman–Crippen MR) is 59.3 cm³/mol. The van der Waals surface area contributed by atoms with Gasteiger partial charge >= 0.3 is 0 Å². The van der Waals surface area contributed by atoms with Gasteiger partial charge in [0.1, 0.15) is 0 Å². The summed E-state index contributed by atoms with van der Waals surface area (Å²) in [5.41, 5.74) is 1.26. The molecule has 0 saturated carbocycles. The third-order valence-corrected chi connectivity index (χ3v) is 2.55. The van der Waals surface area contributed by atoms with Gasteiger partial charge < -0.3 is 10.4 Å². The van der Waals surface area contributed by atoms with Crippen molar-refractivity contribution in [1.82, 2.24) is 5.32 Å². The first-order valence-electron chi connectivity index (χ1n) is 5.17. The molecule has 0 bridgehead atoms. The van der Waals surface area contributed by atoms with E-state index >= 15 is 0 Å². The molecule has 1 rings (SSSR count). The molecule has 0 aliphatic rings. The summed E-state index contributed by atoms with van der Waals surface area (Å²) in [5, 5.41) is 12.9. The Kier molecular flexibility index (Phi) is 4.63. The van der Waals surface area contributed by atoms with Crippen LogP contribution in [0.25, 0.3) is 0 Å². The van der Waals surface area contributed by atoms with Crippen molar-refractivity contribution in [2.75, 3.05) is 7.05 Å². The minimum absolute atomic E-state index is 0.155. The van der Waals surface area contributed by atoms with E-state index in [0.717, 1.165) is 12.8 Å². The Morgan fingerprint density at radius 3 is 2.43 bits per heavy atom. The third kappa shape index (κ3) is 3.13. The van der Waals surface area contributed by atoms with Crippen LogP contribution in [-0.4, -0.2) is 24.3 Å². The summed E-state index contributed by atoms with van der Waals surface area (Å²) in [6.07, 6.45) is 1.41. The maximum atomic E-state index is 9.72. The first-order chi connectivity index (χ1) is 6.77. The summed E-state index contributed by atoms with van der Waals surface area (Å²) < 4.78 is 0. The van der Waals surface area contributed by atoms with Crippen molar-refractivity contribution in [3.63, 3.8) is 0 Å². The SMILES string of the molecule is CCC(O)[C@H](Cc1ccccc1)NC. The van der Waals surface area contributed by atoms with Gasteiger partial charge in [-0.15, -0.1) is 0 Å². The predicted octanol–water partition coefficient (Wildman–Crippen LogP) is 1.59. The van der Waals surface area contributed by atoms with Crippen molar-refractivity contribution in [3.8, 4) is 0 Å². The van der Waals surface area contributed by atoms with Crippen LogP contribution in [-0.2, 0) is 6.42 Å². The second-order valence-corrected chi connectivity index (χ2v) is 3.56. The molecule has 0 amide bonds. The van der Waals surface area contributed by atoms with Crippen LogP contribution >= 0.6 is 0 Å². The molecule has 0 heterocycles. The van der Waals surface area contributed by atoms with Gasteiger partial charge in [-0.2, -0.15) is 0 Å². The Morgan fingerprint density at radius 2 is 1.93 bits per heavy atom. The maximum Gasteiger partial charge on any atom is 0.0693 e. The lowest BCUT2D eigenvalue weighted by molar-refractivity contribution is 0.126. The van der Waals surface area contributed by atoms with Gasteiger partial charge in [0.15, 0.2) is 0 Å². The van der Waals surface area contributed by atoms with Gasteiger partial charge in [-0.25, -0.2) is 0 Å². The molecule has 0 fully saturated rings. The van der Waals surface area contributed by atoms with Gasteiger partial charge in [0.25, 0.3) is 0 Å². The van der Waals surface area contributed by atoms with E-state index in [1.165, 1.54) is 5.56 Å². The van der Waals surface area contributed by atoms with Crippen molar-refractivity contribution in [2.24, 2.45) is 0 Å². The van der Waals surface area contributed by atoms with Crippen LogP contribution in [0.15, 0.2) is 30.3 Å². The Balaban J connectivity index is 2.57. The average molecular weight is 193 g/mol. The van der Waals surface area contributed by atoms with E-state index in [1.54, 1.807) is 0 Å². The molecule has 1 aromatic carbocycles. The van der Waals surface area contributed by atoms with E-state index in [9.17, 15) is 5.11 Å². The lowest BCUT2D eigenvalue weighted by Gasteiger charge is -2.21. The fourth-order valence-corrected chi connectivity index (χ4v) is 1.58. The molecule has 0 spiro atoms. The third-order valence-electron chi connectivity index (χ3n) is 2.55. The summed E-state index contributed by atoms with van der Waals surface area (Å²) in [6.45, 7) is 2.00. The second kappa shape index (κ2) is 5.78. The first-order valence-corrected chi connectivity index (χ1v) is 5.17. The minimum Gasteiger partial charge on any atom is -0.392 e. The second-order valence-electron chi connectivity index (χ2n) is 3.56. The van der Waals surface area contributed by atoms with Gasteiger partial charge in [0.05, 0.1) is 6.10 Å². The molecule has 0 radical (unpaired) electrons. The number of hydrogen-bond donors (Lipinski definition) is 2. The van der Waals surface area contributed by atoms with Crippen LogP contribution in [0.5, 0.6) is 0 Å². The minimum atomic E-state index is -0.264. The van der Waals surface area contributed by atoms with Gasteiger partial charge in [-0.3, -0.25) is 0 Å². The number of rotatable bonds is 5. The number of aliphatic hydroxyl groups excluding tert-OH is 1. The first kappa shape index (κ1) is 11.2. The lowest BCUT2D eigenvalue weighted by atomic mass is 10.00. The van der Waals surface area contributed by atoms with Crippen molar-refractivity contribution in [1.29, 1.82) is 0 Å². The van der Waals surface area contributed by atoms with Gasteiger partial charge in [-0.05, 0) is 25.5 Å². The number of aliphatic hydroxyl groups is 1. The van der Waals surface area contributed by atoms with E-state index in [1.807, 2.05) is 32.2 Å². The number of likely N-dealkylation sites (N-methyl/N-ethyl adjacent to an activating group) is 1. The van der Waals surface area contributed by atoms with Crippen LogP contribution in [0.2, 0.25) is 0 Å². The van der Waals surface area contributed by atoms with Crippen molar-refractivity contribution >= 4 is 0 Å². The van der Waals surface area contributed by atoms with Gasteiger partial charge in [0.2, 0.25) is 0 Å². The van der Waals surface area contributed by atoms with E-state index in [0.29, 0.717) is 0 Å². The zero-order valence-electron chi connectivity index (χ0n) is 8.90. The Morgan fingerprint density at radius 1 is 1.29 bits per heavy atom. The maximum absolute atomic E-state index is 9.72. The fraction of sp³-hybridized carbons (Fsp3) is 0.500. The number of nitrogens with one attached hydrogen (secondary N) is 1. The normalized spacial score (nSPS) is 15.1. The molecule has 0 aliphatic heterocycles. The highest BCUT2D eigenvalue weighted by Crippen LogP contribution is 2.07. The highest BCUT2D eigenvalue weighted by molar-refractivity contribution is 5.16. The van der Waals surface area contributed by atoms with Crippen molar-refractivity contribution < 1.29 is 5.11 Å². The largest absolute Gasteiger partial charge is 0.392 e. The summed E-state index contributed by atoms with van der Waals surface area (Å²) in [4.78, 5) is 0. The molecule has 0 aromatic heterocycles. The van der Waals surface area contributed by atoms with Gasteiger partial charge in [-0.1, -0.05) is 37.3 Å². The smallest absolute Gasteiger partial charge is 0.0693 e. The van der Waals surface area contributed by atoms with E-state index in [-0.39, 0.29) is 12.1 Å². The van der Waals surface area contributed by atoms with E-state index in [4.69, 9.17) is 0 Å². The quantitative estimate of drug-likeness (QED) is 0.744. The fourth-order valence-electron chi connectivity index (χ4n) is 1.58. The van der Waals surface area contributed by atoms with E-state index < -0.39 is 0 Å². The monoisotopic (exact) mass is 193 g/mol. The molecule has 2 heteroatoms. The molecule has 78 valence electrons. The Hall–Kier alpha value is -0.860. The van der Waals surface area contributed by atoms with Crippen molar-refractivity contribution in [3.05, 3.63) is 35.9 Å². The number of benzene rings is 1. The Labute approximate surface area is 86.0 Å². The zero-order valence-corrected chi connectivity index (χ0v) is 8.90. The van der Waals surface area contributed by atoms with E-state index in [2.05, 4.69) is 17.4 Å².